The molecule has 27 heavy (non-hydrogen) atoms. The molecule has 1 amide bonds. The Hall–Kier alpha value is -2.64. The lowest BCUT2D eigenvalue weighted by molar-refractivity contribution is -0.122. The monoisotopic (exact) mass is 403 g/mol. The molecule has 0 aliphatic heterocycles. The van der Waals surface area contributed by atoms with Crippen LogP contribution in [-0.2, 0) is 4.79 Å². The molecule has 1 unspecified atom stereocenters. The smallest absolute Gasteiger partial charge is 0.267 e. The molecular weight excluding hydrogens is 386 g/mol. The van der Waals surface area contributed by atoms with Gasteiger partial charge >= 0.3 is 0 Å². The van der Waals surface area contributed by atoms with Gasteiger partial charge in [0.1, 0.15) is 5.01 Å². The van der Waals surface area contributed by atoms with Crippen molar-refractivity contribution >= 4 is 34.0 Å². The number of hydrogen-bond acceptors (Lipinski definition) is 6. The summed E-state index contributed by atoms with van der Waals surface area (Å²) < 4.78 is 11.1. The van der Waals surface area contributed by atoms with E-state index in [1.165, 1.54) is 11.3 Å². The van der Waals surface area contributed by atoms with E-state index < -0.39 is 6.10 Å². The minimum absolute atomic E-state index is 0.290. The maximum absolute atomic E-state index is 12.6. The second kappa shape index (κ2) is 8.83. The van der Waals surface area contributed by atoms with Crippen LogP contribution in [0.2, 0.25) is 5.02 Å². The molecule has 0 saturated carbocycles. The molecular formula is C19H18ClN3O3S. The van der Waals surface area contributed by atoms with Crippen LogP contribution < -0.4 is 14.8 Å². The van der Waals surface area contributed by atoms with Gasteiger partial charge in [-0.15, -0.1) is 10.2 Å². The highest BCUT2D eigenvalue weighted by Crippen LogP contribution is 2.29. The number of aromatic nitrogens is 2. The SMILES string of the molecule is CCC(Oc1ccccc1OC)C(=O)Nc1nnc(-c2ccc(Cl)cc2)s1. The predicted molar refractivity (Wildman–Crippen MR) is 107 cm³/mol. The summed E-state index contributed by atoms with van der Waals surface area (Å²) in [4.78, 5) is 12.6. The number of rotatable bonds is 7. The molecule has 0 radical (unpaired) electrons. The van der Waals surface area contributed by atoms with E-state index >= 15 is 0 Å². The molecule has 0 saturated heterocycles. The lowest BCUT2D eigenvalue weighted by atomic mass is 10.2. The summed E-state index contributed by atoms with van der Waals surface area (Å²) in [6, 6.07) is 14.5. The summed E-state index contributed by atoms with van der Waals surface area (Å²) in [6.45, 7) is 1.87. The topological polar surface area (TPSA) is 73.3 Å². The number of anilines is 1. The maximum atomic E-state index is 12.6. The van der Waals surface area contributed by atoms with Crippen LogP contribution in [-0.4, -0.2) is 29.3 Å². The molecule has 3 aromatic rings. The largest absolute Gasteiger partial charge is 0.493 e. The van der Waals surface area contributed by atoms with Crippen molar-refractivity contribution < 1.29 is 14.3 Å². The van der Waals surface area contributed by atoms with E-state index in [1.807, 2.05) is 31.2 Å². The van der Waals surface area contributed by atoms with Crippen molar-refractivity contribution in [3.8, 4) is 22.1 Å². The zero-order valence-electron chi connectivity index (χ0n) is 14.8. The van der Waals surface area contributed by atoms with Gasteiger partial charge in [-0.25, -0.2) is 0 Å². The number of para-hydroxylation sites is 2. The Morgan fingerprint density at radius 2 is 1.85 bits per heavy atom. The Morgan fingerprint density at radius 1 is 1.15 bits per heavy atom. The average molecular weight is 404 g/mol. The van der Waals surface area contributed by atoms with Crippen LogP contribution in [0.15, 0.2) is 48.5 Å². The van der Waals surface area contributed by atoms with Crippen molar-refractivity contribution in [2.45, 2.75) is 19.4 Å². The summed E-state index contributed by atoms with van der Waals surface area (Å²) >= 11 is 7.18. The first-order valence-electron chi connectivity index (χ1n) is 8.30. The average Bonchev–Trinajstić information content (AvgIpc) is 3.15. The molecule has 0 aliphatic carbocycles. The Bertz CT molecular complexity index is 915. The third-order valence-electron chi connectivity index (χ3n) is 3.75. The molecule has 1 atom stereocenters. The van der Waals surface area contributed by atoms with Crippen LogP contribution in [0.3, 0.4) is 0 Å². The lowest BCUT2D eigenvalue weighted by Gasteiger charge is -2.18. The van der Waals surface area contributed by atoms with Crippen LogP contribution in [0.5, 0.6) is 11.5 Å². The van der Waals surface area contributed by atoms with Gasteiger partial charge in [-0.1, -0.05) is 54.1 Å². The summed E-state index contributed by atoms with van der Waals surface area (Å²) in [6.07, 6.45) is -0.184. The molecule has 0 aliphatic rings. The van der Waals surface area contributed by atoms with Crippen molar-refractivity contribution in [1.29, 1.82) is 0 Å². The molecule has 140 valence electrons. The van der Waals surface area contributed by atoms with Crippen molar-refractivity contribution in [3.05, 3.63) is 53.6 Å². The van der Waals surface area contributed by atoms with Crippen molar-refractivity contribution in [1.82, 2.24) is 10.2 Å². The van der Waals surface area contributed by atoms with Gasteiger partial charge < -0.3 is 9.47 Å². The molecule has 3 rings (SSSR count). The highest BCUT2D eigenvalue weighted by Gasteiger charge is 2.21. The fourth-order valence-corrected chi connectivity index (χ4v) is 3.24. The van der Waals surface area contributed by atoms with Crippen molar-refractivity contribution in [2.24, 2.45) is 0 Å². The molecule has 1 aromatic heterocycles. The van der Waals surface area contributed by atoms with E-state index in [2.05, 4.69) is 15.5 Å². The quantitative estimate of drug-likeness (QED) is 0.620. The molecule has 0 bridgehead atoms. The third-order valence-corrected chi connectivity index (χ3v) is 4.89. The number of halogens is 1. The summed E-state index contributed by atoms with van der Waals surface area (Å²) in [5, 5.41) is 12.7. The normalized spacial score (nSPS) is 11.7. The second-order valence-corrected chi connectivity index (χ2v) is 6.99. The molecule has 6 nitrogen and oxygen atoms in total. The Morgan fingerprint density at radius 3 is 2.52 bits per heavy atom. The molecule has 1 N–H and O–H groups in total. The van der Waals surface area contributed by atoms with E-state index in [0.29, 0.717) is 33.1 Å². The predicted octanol–water partition coefficient (Wildman–Crippen LogP) is 4.66. The number of amides is 1. The number of nitrogens with one attached hydrogen (secondary N) is 1. The first-order valence-corrected chi connectivity index (χ1v) is 9.50. The highest BCUT2D eigenvalue weighted by molar-refractivity contribution is 7.18. The maximum Gasteiger partial charge on any atom is 0.267 e. The van der Waals surface area contributed by atoms with Crippen molar-refractivity contribution in [2.75, 3.05) is 12.4 Å². The number of carbonyl (C=O) groups is 1. The molecule has 0 spiro atoms. The van der Waals surface area contributed by atoms with Gasteiger partial charge in [0.05, 0.1) is 7.11 Å². The van der Waals surface area contributed by atoms with E-state index in [1.54, 1.807) is 31.4 Å². The van der Waals surface area contributed by atoms with E-state index in [-0.39, 0.29) is 5.91 Å². The number of nitrogens with zero attached hydrogens (tertiary/aromatic N) is 2. The van der Waals surface area contributed by atoms with Crippen LogP contribution in [0.4, 0.5) is 5.13 Å². The Kier molecular flexibility index (Phi) is 6.26. The van der Waals surface area contributed by atoms with E-state index in [0.717, 1.165) is 5.56 Å². The van der Waals surface area contributed by atoms with Crippen LogP contribution >= 0.6 is 22.9 Å². The third kappa shape index (κ3) is 4.75. The minimum atomic E-state index is -0.677. The molecule has 8 heteroatoms. The standard InChI is InChI=1S/C19H18ClN3O3S/c1-3-14(26-16-7-5-4-6-15(16)25-2)17(24)21-19-23-22-18(27-19)12-8-10-13(20)11-9-12/h4-11,14H,3H2,1-2H3,(H,21,23,24). The van der Waals surface area contributed by atoms with Gasteiger partial charge in [-0.2, -0.15) is 0 Å². The van der Waals surface area contributed by atoms with Gasteiger partial charge in [-0.05, 0) is 30.7 Å². The van der Waals surface area contributed by atoms with Gasteiger partial charge in [0.25, 0.3) is 5.91 Å². The van der Waals surface area contributed by atoms with Crippen LogP contribution in [0.25, 0.3) is 10.6 Å². The fraction of sp³-hybridized carbons (Fsp3) is 0.211. The molecule has 0 fully saturated rings. The first-order chi connectivity index (χ1) is 13.1. The van der Waals surface area contributed by atoms with E-state index in [9.17, 15) is 4.79 Å². The first kappa shape index (κ1) is 19.1. The zero-order valence-corrected chi connectivity index (χ0v) is 16.4. The lowest BCUT2D eigenvalue weighted by Crippen LogP contribution is -2.32. The number of methoxy groups -OCH3 is 1. The fourth-order valence-electron chi connectivity index (χ4n) is 2.36. The van der Waals surface area contributed by atoms with Gasteiger partial charge in [0, 0.05) is 10.6 Å². The summed E-state index contributed by atoms with van der Waals surface area (Å²) in [7, 11) is 1.56. The minimum Gasteiger partial charge on any atom is -0.493 e. The highest BCUT2D eigenvalue weighted by atomic mass is 35.5. The number of hydrogen-bond donors (Lipinski definition) is 1. The Labute approximate surface area is 166 Å². The number of ether oxygens (including phenoxy) is 2. The van der Waals surface area contributed by atoms with Gasteiger partial charge in [-0.3, -0.25) is 10.1 Å². The van der Waals surface area contributed by atoms with E-state index in [4.69, 9.17) is 21.1 Å². The van der Waals surface area contributed by atoms with Crippen LogP contribution in [0, 0.1) is 0 Å². The number of benzene rings is 2. The summed E-state index contributed by atoms with van der Waals surface area (Å²) in [5.41, 5.74) is 0.884. The molecule has 1 heterocycles. The van der Waals surface area contributed by atoms with Crippen molar-refractivity contribution in [3.63, 3.8) is 0 Å². The number of carbonyl (C=O) groups excluding carboxylic acids is 1. The molecule has 2 aromatic carbocycles. The Balaban J connectivity index is 1.69. The van der Waals surface area contributed by atoms with Gasteiger partial charge in [0.15, 0.2) is 17.6 Å². The second-order valence-electron chi connectivity index (χ2n) is 5.57. The van der Waals surface area contributed by atoms with Gasteiger partial charge in [0.2, 0.25) is 5.13 Å². The zero-order chi connectivity index (χ0) is 19.2. The van der Waals surface area contributed by atoms with Crippen LogP contribution in [0.1, 0.15) is 13.3 Å². The summed E-state index contributed by atoms with van der Waals surface area (Å²) in [5.74, 6) is 0.799.